The van der Waals surface area contributed by atoms with E-state index in [1.807, 2.05) is 20.0 Å². The van der Waals surface area contributed by atoms with E-state index in [1.54, 1.807) is 11.1 Å². The lowest BCUT2D eigenvalue weighted by molar-refractivity contribution is -0.120. The average molecular weight is 504 g/mol. The third-order valence-corrected chi connectivity index (χ3v) is 7.55. The largest absolute Gasteiger partial charge is 0.482 e. The average Bonchev–Trinajstić information content (AvgIpc) is 2.94. The molecule has 38 heavy (non-hydrogen) atoms. The van der Waals surface area contributed by atoms with Gasteiger partial charge < -0.3 is 9.64 Å². The second-order valence-electron chi connectivity index (χ2n) is 10.0. The van der Waals surface area contributed by atoms with Crippen LogP contribution in [0.25, 0.3) is 11.6 Å². The van der Waals surface area contributed by atoms with E-state index in [2.05, 4.69) is 64.8 Å². The number of carbonyl (C=O) groups is 1. The molecule has 6 heteroatoms. The van der Waals surface area contributed by atoms with E-state index >= 15 is 0 Å². The van der Waals surface area contributed by atoms with Gasteiger partial charge >= 0.3 is 0 Å². The number of rotatable bonds is 1. The van der Waals surface area contributed by atoms with Crippen LogP contribution in [0.3, 0.4) is 0 Å². The molecule has 0 saturated heterocycles. The molecule has 0 unspecified atom stereocenters. The van der Waals surface area contributed by atoms with Crippen LogP contribution >= 0.6 is 0 Å². The standard InChI is InChI=1S/C27H23NO2.C5H6N2O/c1-28-25-14-18(11-13-26(25)30-16-27(28)29)23-15-24-19-7-3-2-6-17(19)10-12-22(24)20-8-4-5-9-21(20)23;1-4-2-5(8)7-6-3-4/h4-6,8-14H,2-3,7,15-16H2,1H3;2-3H,1H3,(H,7,8). The van der Waals surface area contributed by atoms with Gasteiger partial charge in [0.05, 0.1) is 11.9 Å². The lowest BCUT2D eigenvalue weighted by atomic mass is 9.84. The molecule has 1 amide bonds. The number of aromatic nitrogens is 2. The summed E-state index contributed by atoms with van der Waals surface area (Å²) < 4.78 is 5.64. The molecule has 0 fully saturated rings. The van der Waals surface area contributed by atoms with E-state index in [-0.39, 0.29) is 18.1 Å². The number of nitrogens with one attached hydrogen (secondary N) is 1. The number of carbonyl (C=O) groups excluding carboxylic acids is 1. The minimum absolute atomic E-state index is 0.0105. The van der Waals surface area contributed by atoms with Crippen LogP contribution in [0.2, 0.25) is 0 Å². The van der Waals surface area contributed by atoms with Crippen LogP contribution in [-0.4, -0.2) is 29.8 Å². The van der Waals surface area contributed by atoms with Crippen molar-refractivity contribution in [1.29, 1.82) is 0 Å². The molecule has 1 aliphatic heterocycles. The second kappa shape index (κ2) is 9.78. The van der Waals surface area contributed by atoms with E-state index in [1.165, 1.54) is 56.5 Å². The zero-order valence-electron chi connectivity index (χ0n) is 21.6. The van der Waals surface area contributed by atoms with Crippen LogP contribution in [0.5, 0.6) is 5.75 Å². The molecular weight excluding hydrogens is 474 g/mol. The molecule has 6 nitrogen and oxygen atoms in total. The molecule has 7 rings (SSSR count). The summed E-state index contributed by atoms with van der Waals surface area (Å²) in [7, 11) is 1.83. The van der Waals surface area contributed by atoms with Gasteiger partial charge in [0.25, 0.3) is 11.5 Å². The summed E-state index contributed by atoms with van der Waals surface area (Å²) in [5.74, 6) is 0.765. The molecule has 0 spiro atoms. The van der Waals surface area contributed by atoms with Crippen molar-refractivity contribution in [2.75, 3.05) is 18.6 Å². The Morgan fingerprint density at radius 2 is 1.79 bits per heavy atom. The van der Waals surface area contributed by atoms with Gasteiger partial charge in [-0.3, -0.25) is 9.59 Å². The van der Waals surface area contributed by atoms with Crippen LogP contribution in [0.1, 0.15) is 35.1 Å². The van der Waals surface area contributed by atoms with Crippen molar-refractivity contribution >= 4 is 23.2 Å². The summed E-state index contributed by atoms with van der Waals surface area (Å²) in [6, 6.07) is 21.1. The fourth-order valence-corrected chi connectivity index (χ4v) is 5.63. The van der Waals surface area contributed by atoms with Gasteiger partial charge in [-0.2, -0.15) is 5.10 Å². The minimum Gasteiger partial charge on any atom is -0.482 e. The lowest BCUT2D eigenvalue weighted by Crippen LogP contribution is -2.35. The summed E-state index contributed by atoms with van der Waals surface area (Å²) >= 11 is 0. The SMILES string of the molecule is CN1C(=O)COc2ccc(C3=c4ccccc4=c4ccc5c(c4C3)CCCC=5)cc21.Cc1cn[nH]c(=O)c1. The van der Waals surface area contributed by atoms with Crippen LogP contribution in [0.4, 0.5) is 5.69 Å². The van der Waals surface area contributed by atoms with Crippen molar-refractivity contribution < 1.29 is 9.53 Å². The predicted molar refractivity (Wildman–Crippen MR) is 148 cm³/mol. The molecule has 0 radical (unpaired) electrons. The van der Waals surface area contributed by atoms with Gasteiger partial charge in [0.2, 0.25) is 0 Å². The summed E-state index contributed by atoms with van der Waals surface area (Å²) in [6.45, 7) is 1.93. The van der Waals surface area contributed by atoms with Gasteiger partial charge in [0.1, 0.15) is 5.75 Å². The van der Waals surface area contributed by atoms with E-state index in [9.17, 15) is 9.59 Å². The molecule has 1 N–H and O–H groups in total. The maximum absolute atomic E-state index is 12.2. The Labute approximate surface area is 220 Å². The first kappa shape index (κ1) is 23.9. The maximum atomic E-state index is 12.2. The first-order valence-corrected chi connectivity index (χ1v) is 13.0. The van der Waals surface area contributed by atoms with Gasteiger partial charge in [-0.05, 0) is 93.4 Å². The first-order chi connectivity index (χ1) is 18.5. The number of fused-ring (bicyclic) bond motifs is 5. The normalized spacial score (nSPS) is 15.1. The highest BCUT2D eigenvalue weighted by Crippen LogP contribution is 2.35. The zero-order valence-corrected chi connectivity index (χ0v) is 21.6. The van der Waals surface area contributed by atoms with Gasteiger partial charge in [-0.15, -0.1) is 0 Å². The topological polar surface area (TPSA) is 75.3 Å². The number of benzene rings is 3. The highest BCUT2D eigenvalue weighted by molar-refractivity contribution is 5.98. The van der Waals surface area contributed by atoms with Gasteiger partial charge in [-0.1, -0.05) is 48.5 Å². The molecule has 2 aliphatic carbocycles. The maximum Gasteiger partial charge on any atom is 0.264 e. The van der Waals surface area contributed by atoms with Crippen molar-refractivity contribution in [1.82, 2.24) is 10.2 Å². The lowest BCUT2D eigenvalue weighted by Gasteiger charge is -2.27. The van der Waals surface area contributed by atoms with Crippen molar-refractivity contribution in [3.05, 3.63) is 120 Å². The van der Waals surface area contributed by atoms with Gasteiger partial charge in [-0.25, -0.2) is 5.10 Å². The number of ether oxygens (including phenoxy) is 1. The Kier molecular flexibility index (Phi) is 6.16. The molecule has 0 saturated carbocycles. The van der Waals surface area contributed by atoms with E-state index in [0.29, 0.717) is 0 Å². The Balaban J connectivity index is 0.000000285. The number of nitrogens with zero attached hydrogens (tertiary/aromatic N) is 2. The first-order valence-electron chi connectivity index (χ1n) is 13.0. The zero-order chi connectivity index (χ0) is 26.2. The monoisotopic (exact) mass is 503 g/mol. The molecule has 3 aliphatic rings. The molecule has 0 bridgehead atoms. The number of hydrogen-bond donors (Lipinski definition) is 1. The van der Waals surface area contributed by atoms with Crippen molar-refractivity contribution in [2.24, 2.45) is 0 Å². The quantitative estimate of drug-likeness (QED) is 0.433. The van der Waals surface area contributed by atoms with E-state index in [0.717, 1.165) is 35.4 Å². The Hall–Kier alpha value is -4.45. The summed E-state index contributed by atoms with van der Waals surface area (Å²) in [6.07, 6.45) is 8.45. The van der Waals surface area contributed by atoms with Crippen LogP contribution < -0.4 is 25.6 Å². The molecule has 3 aromatic carbocycles. The summed E-state index contributed by atoms with van der Waals surface area (Å²) in [5.41, 5.74) is 7.05. The third-order valence-electron chi connectivity index (χ3n) is 7.55. The Morgan fingerprint density at radius 3 is 2.58 bits per heavy atom. The summed E-state index contributed by atoms with van der Waals surface area (Å²) in [4.78, 5) is 24.2. The molecule has 0 atom stereocenters. The minimum atomic E-state index is -0.148. The number of likely N-dealkylation sites (N-methyl/N-ethyl adjacent to an activating group) is 1. The van der Waals surface area contributed by atoms with Crippen LogP contribution in [0, 0.1) is 17.4 Å². The molecule has 1 aromatic heterocycles. The predicted octanol–water partition coefficient (Wildman–Crippen LogP) is 3.28. The molecular formula is C32H29N3O3. The van der Waals surface area contributed by atoms with Crippen LogP contribution in [0.15, 0.2) is 71.7 Å². The Morgan fingerprint density at radius 1 is 0.947 bits per heavy atom. The van der Waals surface area contributed by atoms with E-state index < -0.39 is 0 Å². The Bertz CT molecular complexity index is 1860. The van der Waals surface area contributed by atoms with Crippen molar-refractivity contribution in [2.45, 2.75) is 32.6 Å². The van der Waals surface area contributed by atoms with Crippen molar-refractivity contribution in [3.63, 3.8) is 0 Å². The summed E-state index contributed by atoms with van der Waals surface area (Å²) in [5, 5.41) is 11.2. The highest BCUT2D eigenvalue weighted by atomic mass is 16.5. The second-order valence-corrected chi connectivity index (χ2v) is 10.0. The fraction of sp³-hybridized carbons (Fsp3) is 0.219. The smallest absolute Gasteiger partial charge is 0.264 e. The number of aryl methyl sites for hydroxylation is 1. The number of aromatic amines is 1. The number of H-pyrrole nitrogens is 1. The van der Waals surface area contributed by atoms with Crippen LogP contribution in [-0.2, 0) is 17.6 Å². The van der Waals surface area contributed by atoms with Crippen molar-refractivity contribution in [3.8, 4) is 5.75 Å². The van der Waals surface area contributed by atoms with Gasteiger partial charge in [0.15, 0.2) is 6.61 Å². The van der Waals surface area contributed by atoms with E-state index in [4.69, 9.17) is 4.74 Å². The third kappa shape index (κ3) is 4.32. The fourth-order valence-electron chi connectivity index (χ4n) is 5.63. The molecule has 4 aromatic rings. The number of hydrogen-bond acceptors (Lipinski definition) is 4. The van der Waals surface area contributed by atoms with Gasteiger partial charge in [0, 0.05) is 13.1 Å². The molecule has 2 heterocycles. The molecule has 190 valence electrons. The highest BCUT2D eigenvalue weighted by Gasteiger charge is 2.24. The number of anilines is 1. The number of amides is 1.